The molecule has 1 N–H and O–H groups in total. The number of nitrogens with one attached hydrogen (secondary N) is 1. The van der Waals surface area contributed by atoms with Gasteiger partial charge >= 0.3 is 0 Å². The average Bonchev–Trinajstić information content (AvgIpc) is 2.42. The van der Waals surface area contributed by atoms with Gasteiger partial charge in [0.2, 0.25) is 0 Å². The molecule has 1 aromatic heterocycles. The highest BCUT2D eigenvalue weighted by atomic mass is 79.9. The topological polar surface area (TPSA) is 59.8 Å². The summed E-state index contributed by atoms with van der Waals surface area (Å²) in [5, 5.41) is 10.5. The minimum absolute atomic E-state index is 0.0157. The summed E-state index contributed by atoms with van der Waals surface area (Å²) in [5.74, 6) is -0.0157. The predicted molar refractivity (Wildman–Crippen MR) is 56.2 cm³/mol. The molecule has 0 spiro atoms. The van der Waals surface area contributed by atoms with Gasteiger partial charge in [0.1, 0.15) is 5.69 Å². The van der Waals surface area contributed by atoms with Crippen LogP contribution in [0.2, 0.25) is 0 Å². The van der Waals surface area contributed by atoms with Crippen molar-refractivity contribution in [1.82, 2.24) is 20.3 Å². The maximum Gasteiger partial charge on any atom is 0.197 e. The summed E-state index contributed by atoms with van der Waals surface area (Å²) >= 11 is 3.18. The first-order chi connectivity index (χ1) is 6.52. The Morgan fingerprint density at radius 2 is 2.29 bits per heavy atom. The summed E-state index contributed by atoms with van der Waals surface area (Å²) in [4.78, 5) is 11.7. The van der Waals surface area contributed by atoms with Crippen LogP contribution in [0.4, 0.5) is 0 Å². The maximum absolute atomic E-state index is 11.7. The number of carbonyl (C=O) groups excluding carboxylic acids is 1. The van der Waals surface area contributed by atoms with Gasteiger partial charge in [0.15, 0.2) is 10.4 Å². The van der Waals surface area contributed by atoms with Crippen molar-refractivity contribution in [2.45, 2.75) is 19.9 Å². The number of aromatic nitrogens is 3. The van der Waals surface area contributed by atoms with Gasteiger partial charge in [-0.05, 0) is 15.9 Å². The lowest BCUT2D eigenvalue weighted by molar-refractivity contribution is 0.0978. The van der Waals surface area contributed by atoms with E-state index in [4.69, 9.17) is 0 Å². The summed E-state index contributed by atoms with van der Waals surface area (Å²) in [5.41, 5.74) is 0.498. The molecule has 1 aromatic rings. The van der Waals surface area contributed by atoms with Gasteiger partial charge in [0, 0.05) is 13.1 Å². The zero-order valence-corrected chi connectivity index (χ0v) is 10.00. The van der Waals surface area contributed by atoms with E-state index in [-0.39, 0.29) is 5.78 Å². The molecule has 0 aliphatic heterocycles. The highest BCUT2D eigenvalue weighted by Gasteiger charge is 2.16. The van der Waals surface area contributed by atoms with Crippen molar-refractivity contribution < 1.29 is 4.79 Å². The first kappa shape index (κ1) is 11.3. The lowest BCUT2D eigenvalue weighted by Crippen LogP contribution is -2.30. The van der Waals surface area contributed by atoms with Gasteiger partial charge in [-0.3, -0.25) is 4.79 Å². The minimum atomic E-state index is -0.0157. The molecule has 78 valence electrons. The summed E-state index contributed by atoms with van der Waals surface area (Å²) in [6, 6.07) is 0.291. The average molecular weight is 261 g/mol. The third-order valence-electron chi connectivity index (χ3n) is 1.72. The van der Waals surface area contributed by atoms with Gasteiger partial charge in [-0.2, -0.15) is 0 Å². The quantitative estimate of drug-likeness (QED) is 0.813. The molecule has 0 unspecified atom stereocenters. The summed E-state index contributed by atoms with van der Waals surface area (Å²) in [7, 11) is 1.69. The molecule has 5 nitrogen and oxygen atoms in total. The number of rotatable bonds is 4. The molecule has 6 heteroatoms. The fourth-order valence-electron chi connectivity index (χ4n) is 1.01. The molecule has 0 atom stereocenters. The van der Waals surface area contributed by atoms with Crippen LogP contribution in [0.1, 0.15) is 24.3 Å². The van der Waals surface area contributed by atoms with E-state index in [2.05, 4.69) is 31.6 Å². The first-order valence-electron chi connectivity index (χ1n) is 4.34. The molecular formula is C8H13BrN4O. The van der Waals surface area contributed by atoms with Gasteiger partial charge in [-0.1, -0.05) is 19.1 Å². The largest absolute Gasteiger partial charge is 0.307 e. The highest BCUT2D eigenvalue weighted by molar-refractivity contribution is 9.10. The number of aryl methyl sites for hydroxylation is 1. The zero-order chi connectivity index (χ0) is 10.7. The van der Waals surface area contributed by atoms with Crippen LogP contribution in [0.15, 0.2) is 4.60 Å². The second kappa shape index (κ2) is 4.65. The molecule has 0 aliphatic rings. The molecule has 0 fully saturated rings. The van der Waals surface area contributed by atoms with Gasteiger partial charge in [0.05, 0.1) is 6.54 Å². The standard InChI is InChI=1S/C8H13BrN4O/c1-5(2)10-4-6(14)7-8(9)11-12-13(7)3/h5,10H,4H2,1-3H3. The number of hydrogen-bond donors (Lipinski definition) is 1. The minimum Gasteiger partial charge on any atom is -0.307 e. The van der Waals surface area contributed by atoms with Gasteiger partial charge in [-0.25, -0.2) is 4.68 Å². The Morgan fingerprint density at radius 1 is 1.64 bits per heavy atom. The van der Waals surface area contributed by atoms with Crippen LogP contribution in [-0.2, 0) is 7.05 Å². The van der Waals surface area contributed by atoms with E-state index < -0.39 is 0 Å². The monoisotopic (exact) mass is 260 g/mol. The Labute approximate surface area is 91.0 Å². The highest BCUT2D eigenvalue weighted by Crippen LogP contribution is 2.11. The van der Waals surface area contributed by atoms with Crippen molar-refractivity contribution in [3.8, 4) is 0 Å². The molecule has 1 heterocycles. The third kappa shape index (κ3) is 2.62. The molecule has 0 radical (unpaired) electrons. The van der Waals surface area contributed by atoms with E-state index in [1.54, 1.807) is 7.05 Å². The lowest BCUT2D eigenvalue weighted by Gasteiger charge is -2.06. The Morgan fingerprint density at radius 3 is 2.71 bits per heavy atom. The Hall–Kier alpha value is -0.750. The van der Waals surface area contributed by atoms with Crippen LogP contribution in [0, 0.1) is 0 Å². The van der Waals surface area contributed by atoms with Gasteiger partial charge in [-0.15, -0.1) is 5.10 Å². The van der Waals surface area contributed by atoms with E-state index in [9.17, 15) is 4.79 Å². The van der Waals surface area contributed by atoms with Crippen molar-refractivity contribution in [1.29, 1.82) is 0 Å². The number of halogens is 1. The lowest BCUT2D eigenvalue weighted by atomic mass is 10.3. The Kier molecular flexibility index (Phi) is 3.77. The van der Waals surface area contributed by atoms with E-state index in [0.29, 0.717) is 22.9 Å². The Bertz CT molecular complexity index is 315. The molecule has 14 heavy (non-hydrogen) atoms. The van der Waals surface area contributed by atoms with Crippen LogP contribution < -0.4 is 5.32 Å². The number of Topliss-reactive ketones (excluding diaryl/α,β-unsaturated/α-hetero) is 1. The maximum atomic E-state index is 11.7. The molecule has 0 saturated heterocycles. The summed E-state index contributed by atoms with van der Waals surface area (Å²) < 4.78 is 1.96. The van der Waals surface area contributed by atoms with E-state index in [1.807, 2.05) is 13.8 Å². The molecular weight excluding hydrogens is 248 g/mol. The van der Waals surface area contributed by atoms with Crippen molar-refractivity contribution >= 4 is 21.7 Å². The summed E-state index contributed by atoms with van der Waals surface area (Å²) in [6.45, 7) is 4.28. The number of nitrogens with zero attached hydrogens (tertiary/aromatic N) is 3. The Balaban J connectivity index is 2.70. The third-order valence-corrected chi connectivity index (χ3v) is 2.25. The van der Waals surface area contributed by atoms with E-state index >= 15 is 0 Å². The van der Waals surface area contributed by atoms with Crippen LogP contribution in [0.25, 0.3) is 0 Å². The van der Waals surface area contributed by atoms with Gasteiger partial charge < -0.3 is 5.32 Å². The summed E-state index contributed by atoms with van der Waals surface area (Å²) in [6.07, 6.45) is 0. The fraction of sp³-hybridized carbons (Fsp3) is 0.625. The first-order valence-corrected chi connectivity index (χ1v) is 5.13. The van der Waals surface area contributed by atoms with Crippen LogP contribution >= 0.6 is 15.9 Å². The normalized spacial score (nSPS) is 10.9. The van der Waals surface area contributed by atoms with Gasteiger partial charge in [0.25, 0.3) is 0 Å². The second-order valence-corrected chi connectivity index (χ2v) is 4.06. The molecule has 1 rings (SSSR count). The smallest absolute Gasteiger partial charge is 0.197 e. The predicted octanol–water partition coefficient (Wildman–Crippen LogP) is 0.758. The SMILES string of the molecule is CC(C)NCC(=O)c1c(Br)nnn1C. The fourth-order valence-corrected chi connectivity index (χ4v) is 1.56. The second-order valence-electron chi connectivity index (χ2n) is 3.31. The molecule has 0 saturated carbocycles. The van der Waals surface area contributed by atoms with E-state index in [1.165, 1.54) is 4.68 Å². The van der Waals surface area contributed by atoms with E-state index in [0.717, 1.165) is 0 Å². The number of ketones is 1. The molecule has 0 aromatic carbocycles. The molecule has 0 aliphatic carbocycles. The van der Waals surface area contributed by atoms with Crippen molar-refractivity contribution in [3.05, 3.63) is 10.3 Å². The van der Waals surface area contributed by atoms with Crippen LogP contribution in [0.5, 0.6) is 0 Å². The van der Waals surface area contributed by atoms with Crippen LogP contribution in [-0.4, -0.2) is 33.4 Å². The molecule has 0 bridgehead atoms. The number of carbonyl (C=O) groups is 1. The molecule has 0 amide bonds. The van der Waals surface area contributed by atoms with Crippen molar-refractivity contribution in [2.75, 3.05) is 6.54 Å². The number of hydrogen-bond acceptors (Lipinski definition) is 4. The van der Waals surface area contributed by atoms with Crippen LogP contribution in [0.3, 0.4) is 0 Å². The zero-order valence-electron chi connectivity index (χ0n) is 8.41. The van der Waals surface area contributed by atoms with Crippen molar-refractivity contribution in [2.24, 2.45) is 7.05 Å². The van der Waals surface area contributed by atoms with Crippen molar-refractivity contribution in [3.63, 3.8) is 0 Å².